The number of hydrogen-bond donors (Lipinski definition) is 0. The molecule has 17 heavy (non-hydrogen) atoms. The molecule has 6 heteroatoms. The van der Waals surface area contributed by atoms with Gasteiger partial charge in [0.15, 0.2) is 0 Å². The molecule has 0 bridgehead atoms. The zero-order valence-corrected chi connectivity index (χ0v) is 11.0. The van der Waals surface area contributed by atoms with E-state index in [1.807, 2.05) is 0 Å². The topological polar surface area (TPSA) is 30.7 Å². The average molecular weight is 289 g/mol. The number of para-hydroxylation sites is 1. The van der Waals surface area contributed by atoms with Crippen molar-refractivity contribution in [1.29, 1.82) is 0 Å². The highest BCUT2D eigenvalue weighted by molar-refractivity contribution is 6.38. The number of nitrogens with zero attached hydrogens (tertiary/aromatic N) is 3. The van der Waals surface area contributed by atoms with Crippen molar-refractivity contribution in [3.05, 3.63) is 39.4 Å². The van der Waals surface area contributed by atoms with Crippen LogP contribution >= 0.6 is 34.8 Å². The third-order valence-electron chi connectivity index (χ3n) is 2.75. The lowest BCUT2D eigenvalue weighted by molar-refractivity contribution is 0.872. The van der Waals surface area contributed by atoms with E-state index in [1.54, 1.807) is 22.8 Å². The van der Waals surface area contributed by atoms with Gasteiger partial charge in [0.25, 0.3) is 0 Å². The summed E-state index contributed by atoms with van der Waals surface area (Å²) in [4.78, 5) is 0. The van der Waals surface area contributed by atoms with Gasteiger partial charge in [-0.15, -0.1) is 10.2 Å². The fourth-order valence-corrected chi connectivity index (χ4v) is 2.57. The van der Waals surface area contributed by atoms with Crippen LogP contribution in [0.25, 0.3) is 5.69 Å². The fraction of sp³-hybridized carbons (Fsp3) is 0.273. The summed E-state index contributed by atoms with van der Waals surface area (Å²) in [5.74, 6) is 1.26. The smallest absolute Gasteiger partial charge is 0.229 e. The Morgan fingerprint density at radius 2 is 1.71 bits per heavy atom. The Hall–Kier alpha value is -0.770. The molecule has 0 atom stereocenters. The van der Waals surface area contributed by atoms with E-state index in [4.69, 9.17) is 34.8 Å². The molecular weight excluding hydrogens is 281 g/mol. The molecule has 1 aliphatic rings. The molecular formula is C11H8Cl3N3. The molecule has 0 N–H and O–H groups in total. The molecule has 3 rings (SSSR count). The maximum Gasteiger partial charge on any atom is 0.229 e. The van der Waals surface area contributed by atoms with Gasteiger partial charge in [0.05, 0.1) is 15.7 Å². The van der Waals surface area contributed by atoms with Gasteiger partial charge in [0.2, 0.25) is 5.28 Å². The predicted molar refractivity (Wildman–Crippen MR) is 68.4 cm³/mol. The minimum Gasteiger partial charge on any atom is -0.266 e. The molecule has 1 aromatic carbocycles. The van der Waals surface area contributed by atoms with Crippen molar-refractivity contribution < 1.29 is 0 Å². The van der Waals surface area contributed by atoms with Crippen LogP contribution in [0.1, 0.15) is 24.6 Å². The van der Waals surface area contributed by atoms with Crippen molar-refractivity contribution in [2.24, 2.45) is 0 Å². The van der Waals surface area contributed by atoms with Gasteiger partial charge in [0, 0.05) is 5.92 Å². The molecule has 88 valence electrons. The van der Waals surface area contributed by atoms with Gasteiger partial charge in [-0.3, -0.25) is 4.57 Å². The highest BCUT2D eigenvalue weighted by atomic mass is 35.5. The molecule has 0 spiro atoms. The minimum absolute atomic E-state index is 0.293. The zero-order chi connectivity index (χ0) is 12.0. The first-order chi connectivity index (χ1) is 8.18. The highest BCUT2D eigenvalue weighted by Crippen LogP contribution is 2.42. The van der Waals surface area contributed by atoms with Crippen LogP contribution in [0, 0.1) is 0 Å². The van der Waals surface area contributed by atoms with Crippen molar-refractivity contribution >= 4 is 34.8 Å². The summed E-state index contributed by atoms with van der Waals surface area (Å²) >= 11 is 18.4. The summed E-state index contributed by atoms with van der Waals surface area (Å²) in [7, 11) is 0. The Bertz CT molecular complexity index is 555. The van der Waals surface area contributed by atoms with E-state index in [0.717, 1.165) is 18.7 Å². The third-order valence-corrected chi connectivity index (χ3v) is 3.61. The number of aromatic nitrogens is 3. The van der Waals surface area contributed by atoms with E-state index < -0.39 is 0 Å². The fourth-order valence-electron chi connectivity index (χ4n) is 1.79. The molecule has 0 radical (unpaired) electrons. The van der Waals surface area contributed by atoms with Crippen molar-refractivity contribution in [2.75, 3.05) is 0 Å². The van der Waals surface area contributed by atoms with E-state index in [2.05, 4.69) is 10.2 Å². The summed E-state index contributed by atoms with van der Waals surface area (Å²) in [6.07, 6.45) is 2.22. The molecule has 1 heterocycles. The molecule has 0 aliphatic heterocycles. The number of hydrogen-bond acceptors (Lipinski definition) is 2. The van der Waals surface area contributed by atoms with Crippen LogP contribution in [0.4, 0.5) is 0 Å². The third kappa shape index (κ3) is 1.92. The zero-order valence-electron chi connectivity index (χ0n) is 8.70. The standard InChI is InChI=1S/C11H8Cl3N3/c12-7-2-1-3-8(13)9(7)17-10(6-4-5-6)15-16-11(17)14/h1-3,6H,4-5H2. The van der Waals surface area contributed by atoms with Gasteiger partial charge in [-0.2, -0.15) is 0 Å². The summed E-state index contributed by atoms with van der Waals surface area (Å²) in [5.41, 5.74) is 0.660. The van der Waals surface area contributed by atoms with Crippen molar-refractivity contribution in [1.82, 2.24) is 14.8 Å². The molecule has 2 aromatic rings. The monoisotopic (exact) mass is 287 g/mol. The summed E-state index contributed by atoms with van der Waals surface area (Å²) < 4.78 is 1.74. The second-order valence-electron chi connectivity index (χ2n) is 4.01. The first-order valence-electron chi connectivity index (χ1n) is 5.23. The first kappa shape index (κ1) is 11.3. The Kier molecular flexibility index (Phi) is 2.77. The quantitative estimate of drug-likeness (QED) is 0.833. The SMILES string of the molecule is Clc1cccc(Cl)c1-n1c(Cl)nnc1C1CC1. The number of halogens is 3. The summed E-state index contributed by atoms with van der Waals surface area (Å²) in [5, 5.41) is 9.38. The summed E-state index contributed by atoms with van der Waals surface area (Å²) in [6.45, 7) is 0. The van der Waals surface area contributed by atoms with Gasteiger partial charge < -0.3 is 0 Å². The van der Waals surface area contributed by atoms with Crippen LogP contribution in [-0.4, -0.2) is 14.8 Å². The van der Waals surface area contributed by atoms with Crippen molar-refractivity contribution in [2.45, 2.75) is 18.8 Å². The molecule has 0 amide bonds. The number of rotatable bonds is 2. The summed E-state index contributed by atoms with van der Waals surface area (Å²) in [6, 6.07) is 5.34. The van der Waals surface area contributed by atoms with Crippen LogP contribution in [0.5, 0.6) is 0 Å². The van der Waals surface area contributed by atoms with Gasteiger partial charge >= 0.3 is 0 Å². The molecule has 3 nitrogen and oxygen atoms in total. The van der Waals surface area contributed by atoms with Crippen LogP contribution in [0.2, 0.25) is 15.3 Å². The molecule has 1 saturated carbocycles. The lowest BCUT2D eigenvalue weighted by atomic mass is 10.3. The second-order valence-corrected chi connectivity index (χ2v) is 5.16. The molecule has 1 aliphatic carbocycles. The first-order valence-corrected chi connectivity index (χ1v) is 6.37. The maximum absolute atomic E-state index is 6.17. The van der Waals surface area contributed by atoms with Gasteiger partial charge in [0.1, 0.15) is 5.82 Å². The van der Waals surface area contributed by atoms with Gasteiger partial charge in [-0.1, -0.05) is 29.3 Å². The van der Waals surface area contributed by atoms with E-state index in [-0.39, 0.29) is 0 Å². The molecule has 0 saturated heterocycles. The van der Waals surface area contributed by atoms with Crippen molar-refractivity contribution in [3.63, 3.8) is 0 Å². The van der Waals surface area contributed by atoms with Crippen LogP contribution in [-0.2, 0) is 0 Å². The van der Waals surface area contributed by atoms with E-state index in [0.29, 0.717) is 26.9 Å². The van der Waals surface area contributed by atoms with Gasteiger partial charge in [-0.05, 0) is 36.6 Å². The Labute approximate surface area is 113 Å². The number of benzene rings is 1. The van der Waals surface area contributed by atoms with E-state index in [9.17, 15) is 0 Å². The lowest BCUT2D eigenvalue weighted by Crippen LogP contribution is -2.02. The maximum atomic E-state index is 6.17. The van der Waals surface area contributed by atoms with E-state index >= 15 is 0 Å². The molecule has 1 aromatic heterocycles. The van der Waals surface area contributed by atoms with E-state index in [1.165, 1.54) is 0 Å². The second kappa shape index (κ2) is 4.16. The minimum atomic E-state index is 0.293. The Morgan fingerprint density at radius 3 is 2.29 bits per heavy atom. The highest BCUT2D eigenvalue weighted by Gasteiger charge is 2.31. The normalized spacial score (nSPS) is 15.2. The predicted octanol–water partition coefficient (Wildman–Crippen LogP) is 4.10. The average Bonchev–Trinajstić information content (AvgIpc) is 3.05. The largest absolute Gasteiger partial charge is 0.266 e. The Morgan fingerprint density at radius 1 is 1.06 bits per heavy atom. The van der Waals surface area contributed by atoms with Crippen LogP contribution in [0.3, 0.4) is 0 Å². The molecule has 0 unspecified atom stereocenters. The Balaban J connectivity index is 2.24. The van der Waals surface area contributed by atoms with Crippen molar-refractivity contribution in [3.8, 4) is 5.69 Å². The van der Waals surface area contributed by atoms with Crippen LogP contribution in [0.15, 0.2) is 18.2 Å². The van der Waals surface area contributed by atoms with Gasteiger partial charge in [-0.25, -0.2) is 0 Å². The lowest BCUT2D eigenvalue weighted by Gasteiger charge is -2.10. The molecule has 1 fully saturated rings. The van der Waals surface area contributed by atoms with Crippen LogP contribution < -0.4 is 0 Å².